The third kappa shape index (κ3) is 3.43. The summed E-state index contributed by atoms with van der Waals surface area (Å²) in [5, 5.41) is 14.5. The molecule has 6 heteroatoms. The van der Waals surface area contributed by atoms with Crippen LogP contribution in [0.1, 0.15) is 17.2 Å². The maximum absolute atomic E-state index is 11.2. The van der Waals surface area contributed by atoms with E-state index in [1.165, 1.54) is 6.33 Å². The lowest BCUT2D eigenvalue weighted by Gasteiger charge is -2.20. The Hall–Kier alpha value is -3.15. The quantitative estimate of drug-likeness (QED) is 0.554. The second-order valence-electron chi connectivity index (χ2n) is 5.58. The van der Waals surface area contributed by atoms with E-state index < -0.39 is 4.92 Å². The minimum atomic E-state index is -0.465. The van der Waals surface area contributed by atoms with Crippen LogP contribution in [0.3, 0.4) is 0 Å². The molecule has 0 saturated heterocycles. The Balaban J connectivity index is 1.94. The number of benzene rings is 2. The largest absolute Gasteiger partial charge is 0.406 e. The molecule has 0 radical (unpaired) electrons. The van der Waals surface area contributed by atoms with E-state index in [2.05, 4.69) is 22.4 Å². The first-order valence-corrected chi connectivity index (χ1v) is 7.66. The molecule has 2 aromatic carbocycles. The summed E-state index contributed by atoms with van der Waals surface area (Å²) in [5.74, 6) is 0.247. The lowest BCUT2D eigenvalue weighted by atomic mass is 9.99. The lowest BCUT2D eigenvalue weighted by molar-refractivity contribution is -0.388. The first-order valence-electron chi connectivity index (χ1n) is 7.66. The highest BCUT2D eigenvalue weighted by Crippen LogP contribution is 2.28. The van der Waals surface area contributed by atoms with Crippen LogP contribution in [0.5, 0.6) is 0 Å². The van der Waals surface area contributed by atoms with Crippen LogP contribution in [0.15, 0.2) is 67.0 Å². The third-order valence-electron chi connectivity index (χ3n) is 3.89. The Morgan fingerprint density at radius 2 is 1.75 bits per heavy atom. The van der Waals surface area contributed by atoms with Crippen LogP contribution in [-0.2, 0) is 13.5 Å². The number of nitrogens with zero attached hydrogens (tertiary/aromatic N) is 3. The summed E-state index contributed by atoms with van der Waals surface area (Å²) in [5.41, 5.74) is 2.22. The fourth-order valence-corrected chi connectivity index (χ4v) is 2.67. The van der Waals surface area contributed by atoms with Crippen LogP contribution in [0.25, 0.3) is 0 Å². The number of hydrogen-bond acceptors (Lipinski definition) is 4. The summed E-state index contributed by atoms with van der Waals surface area (Å²) in [6.45, 7) is 0. The van der Waals surface area contributed by atoms with Gasteiger partial charge in [0.1, 0.15) is 0 Å². The molecule has 0 fully saturated rings. The van der Waals surface area contributed by atoms with Crippen molar-refractivity contribution in [3.63, 3.8) is 0 Å². The second-order valence-corrected chi connectivity index (χ2v) is 5.58. The SMILES string of the molecule is Cn1cnc([N+](=O)[O-])c1N[C@H](Cc1ccccc1)c1ccccc1. The van der Waals surface area contributed by atoms with E-state index in [-0.39, 0.29) is 11.9 Å². The van der Waals surface area contributed by atoms with Gasteiger partial charge < -0.3 is 15.4 Å². The van der Waals surface area contributed by atoms with E-state index in [0.717, 1.165) is 11.1 Å². The van der Waals surface area contributed by atoms with E-state index in [1.807, 2.05) is 48.5 Å². The molecule has 0 unspecified atom stereocenters. The summed E-state index contributed by atoms with van der Waals surface area (Å²) in [6, 6.07) is 19.9. The van der Waals surface area contributed by atoms with Crippen LogP contribution >= 0.6 is 0 Å². The summed E-state index contributed by atoms with van der Waals surface area (Å²) in [4.78, 5) is 14.6. The van der Waals surface area contributed by atoms with Crippen LogP contribution in [-0.4, -0.2) is 14.5 Å². The molecule has 24 heavy (non-hydrogen) atoms. The molecule has 0 aliphatic carbocycles. The highest BCUT2D eigenvalue weighted by Gasteiger charge is 2.23. The number of hydrogen-bond donors (Lipinski definition) is 1. The molecular weight excluding hydrogens is 304 g/mol. The molecule has 1 N–H and O–H groups in total. The number of anilines is 1. The van der Waals surface area contributed by atoms with Gasteiger partial charge in [0, 0.05) is 7.05 Å². The molecule has 1 heterocycles. The molecule has 0 aliphatic heterocycles. The summed E-state index contributed by atoms with van der Waals surface area (Å²) < 4.78 is 1.64. The van der Waals surface area contributed by atoms with Crippen molar-refractivity contribution in [1.82, 2.24) is 9.55 Å². The normalized spacial score (nSPS) is 11.9. The lowest BCUT2D eigenvalue weighted by Crippen LogP contribution is -2.16. The molecule has 0 aliphatic rings. The van der Waals surface area contributed by atoms with Gasteiger partial charge >= 0.3 is 5.82 Å². The number of nitro groups is 1. The Morgan fingerprint density at radius 3 is 2.38 bits per heavy atom. The highest BCUT2D eigenvalue weighted by molar-refractivity contribution is 5.53. The molecule has 6 nitrogen and oxygen atoms in total. The molecule has 0 amide bonds. The van der Waals surface area contributed by atoms with Crippen LogP contribution in [0.4, 0.5) is 11.6 Å². The van der Waals surface area contributed by atoms with Gasteiger partial charge in [0.05, 0.1) is 6.04 Å². The Morgan fingerprint density at radius 1 is 1.12 bits per heavy atom. The molecule has 3 rings (SSSR count). The minimum Gasteiger partial charge on any atom is -0.358 e. The van der Waals surface area contributed by atoms with Gasteiger partial charge in [0.25, 0.3) is 0 Å². The molecule has 122 valence electrons. The smallest absolute Gasteiger partial charge is 0.358 e. The molecule has 0 spiro atoms. The van der Waals surface area contributed by atoms with Crippen molar-refractivity contribution < 1.29 is 4.92 Å². The van der Waals surface area contributed by atoms with Crippen LogP contribution in [0.2, 0.25) is 0 Å². The van der Waals surface area contributed by atoms with Crippen molar-refractivity contribution in [2.45, 2.75) is 12.5 Å². The monoisotopic (exact) mass is 322 g/mol. The van der Waals surface area contributed by atoms with Gasteiger partial charge in [-0.3, -0.25) is 4.57 Å². The van der Waals surface area contributed by atoms with Crippen molar-refractivity contribution in [1.29, 1.82) is 0 Å². The number of nitrogens with one attached hydrogen (secondary N) is 1. The number of aryl methyl sites for hydroxylation is 1. The summed E-state index contributed by atoms with van der Waals surface area (Å²) in [7, 11) is 1.74. The van der Waals surface area contributed by atoms with Gasteiger partial charge in [-0.05, 0) is 27.5 Å². The average Bonchev–Trinajstić information content (AvgIpc) is 2.97. The molecule has 0 saturated carbocycles. The van der Waals surface area contributed by atoms with E-state index >= 15 is 0 Å². The highest BCUT2D eigenvalue weighted by atomic mass is 16.6. The number of imidazole rings is 1. The zero-order valence-corrected chi connectivity index (χ0v) is 13.3. The molecule has 0 bridgehead atoms. The van der Waals surface area contributed by atoms with E-state index in [4.69, 9.17) is 0 Å². The van der Waals surface area contributed by atoms with Crippen molar-refractivity contribution >= 4 is 11.6 Å². The number of rotatable bonds is 6. The fraction of sp³-hybridized carbons (Fsp3) is 0.167. The third-order valence-corrected chi connectivity index (χ3v) is 3.89. The summed E-state index contributed by atoms with van der Waals surface area (Å²) >= 11 is 0. The van der Waals surface area contributed by atoms with Crippen LogP contribution in [0, 0.1) is 10.1 Å². The van der Waals surface area contributed by atoms with Crippen molar-refractivity contribution in [2.24, 2.45) is 7.05 Å². The first kappa shape index (κ1) is 15.7. The Bertz CT molecular complexity index is 816. The topological polar surface area (TPSA) is 73.0 Å². The molecule has 1 aromatic heterocycles. The van der Waals surface area contributed by atoms with Gasteiger partial charge in [0.15, 0.2) is 0 Å². The van der Waals surface area contributed by atoms with E-state index in [1.54, 1.807) is 11.6 Å². The van der Waals surface area contributed by atoms with E-state index in [0.29, 0.717) is 12.2 Å². The number of aromatic nitrogens is 2. The zero-order chi connectivity index (χ0) is 16.9. The van der Waals surface area contributed by atoms with Crippen molar-refractivity contribution in [3.8, 4) is 0 Å². The van der Waals surface area contributed by atoms with Gasteiger partial charge in [-0.15, -0.1) is 0 Å². The molecule has 1 atom stereocenters. The van der Waals surface area contributed by atoms with Crippen LogP contribution < -0.4 is 5.32 Å². The predicted octanol–water partition coefficient (Wildman–Crippen LogP) is 3.72. The maximum Gasteiger partial charge on any atom is 0.406 e. The second kappa shape index (κ2) is 6.95. The zero-order valence-electron chi connectivity index (χ0n) is 13.3. The van der Waals surface area contributed by atoms with Crippen molar-refractivity contribution in [3.05, 3.63) is 88.2 Å². The molecule has 3 aromatic rings. The standard InChI is InChI=1S/C18H18N4O2/c1-21-13-19-17(22(23)24)18(21)20-16(15-10-6-3-7-11-15)12-14-8-4-2-5-9-14/h2-11,13,16,20H,12H2,1H3/t16-/m1/s1. The van der Waals surface area contributed by atoms with Gasteiger partial charge in [-0.1, -0.05) is 60.7 Å². The van der Waals surface area contributed by atoms with Gasteiger partial charge in [0.2, 0.25) is 12.1 Å². The van der Waals surface area contributed by atoms with E-state index in [9.17, 15) is 10.1 Å². The Kier molecular flexibility index (Phi) is 4.56. The summed E-state index contributed by atoms with van der Waals surface area (Å²) in [6.07, 6.45) is 2.16. The first-order chi connectivity index (χ1) is 11.6. The maximum atomic E-state index is 11.2. The molecular formula is C18H18N4O2. The predicted molar refractivity (Wildman–Crippen MR) is 92.8 cm³/mol. The average molecular weight is 322 g/mol. The Labute approximate surface area is 139 Å². The van der Waals surface area contributed by atoms with Gasteiger partial charge in [-0.25, -0.2) is 0 Å². The minimum absolute atomic E-state index is 0.0947. The fourth-order valence-electron chi connectivity index (χ4n) is 2.67. The van der Waals surface area contributed by atoms with Gasteiger partial charge in [-0.2, -0.15) is 0 Å². The van der Waals surface area contributed by atoms with Crippen molar-refractivity contribution in [2.75, 3.05) is 5.32 Å².